The lowest BCUT2D eigenvalue weighted by molar-refractivity contribution is 0.0996. The lowest BCUT2D eigenvalue weighted by Crippen LogP contribution is -2.26. The minimum Gasteiger partial charge on any atom is -0.489 e. The molecule has 0 aliphatic heterocycles. The van der Waals surface area contributed by atoms with Crippen LogP contribution in [0.25, 0.3) is 0 Å². The van der Waals surface area contributed by atoms with Crippen LogP contribution in [0, 0.1) is 11.3 Å². The molecule has 0 heterocycles. The van der Waals surface area contributed by atoms with Gasteiger partial charge in [-0.1, -0.05) is 72.8 Å². The Bertz CT molecular complexity index is 859. The maximum Gasteiger partial charge on any atom is 0.119 e. The summed E-state index contributed by atoms with van der Waals surface area (Å²) in [5.41, 5.74) is 3.33. The van der Waals surface area contributed by atoms with Gasteiger partial charge in [0.05, 0.1) is 31.9 Å². The van der Waals surface area contributed by atoms with Gasteiger partial charge in [0, 0.05) is 0 Å². The van der Waals surface area contributed by atoms with Gasteiger partial charge in [-0.25, -0.2) is 0 Å². The predicted octanol–water partition coefficient (Wildman–Crippen LogP) is 4.64. The minimum absolute atomic E-state index is 0.0495. The highest BCUT2D eigenvalue weighted by Gasteiger charge is 2.11. The third-order valence-corrected chi connectivity index (χ3v) is 4.35. The van der Waals surface area contributed by atoms with E-state index in [4.69, 9.17) is 14.7 Å². The van der Waals surface area contributed by atoms with Crippen LogP contribution in [0.5, 0.6) is 5.75 Å². The molecule has 0 unspecified atom stereocenters. The van der Waals surface area contributed by atoms with E-state index in [1.807, 2.05) is 84.9 Å². The van der Waals surface area contributed by atoms with E-state index in [0.717, 1.165) is 22.4 Å². The summed E-state index contributed by atoms with van der Waals surface area (Å²) in [6, 6.07) is 30.2. The fraction of sp³-hybridized carbons (Fsp3) is 0.208. The molecule has 0 aliphatic carbocycles. The second-order valence-corrected chi connectivity index (χ2v) is 6.44. The summed E-state index contributed by atoms with van der Waals surface area (Å²) < 4.78 is 11.7. The van der Waals surface area contributed by atoms with Crippen LogP contribution in [-0.2, 0) is 18.0 Å². The Morgan fingerprint density at radius 2 is 1.39 bits per heavy atom. The van der Waals surface area contributed by atoms with Gasteiger partial charge in [-0.2, -0.15) is 5.26 Å². The third-order valence-electron chi connectivity index (χ3n) is 4.35. The predicted molar refractivity (Wildman–Crippen MR) is 110 cm³/mol. The first kappa shape index (κ1) is 19.6. The van der Waals surface area contributed by atoms with Gasteiger partial charge in [-0.05, 0) is 28.8 Å². The fourth-order valence-corrected chi connectivity index (χ4v) is 2.85. The Labute approximate surface area is 166 Å². The average molecular weight is 372 g/mol. The van der Waals surface area contributed by atoms with Crippen LogP contribution in [-0.4, -0.2) is 13.2 Å². The highest BCUT2D eigenvalue weighted by molar-refractivity contribution is 5.30. The standard InChI is InChI=1S/C24H24N2O2/c25-15-16-26-24(19-27-17-20-7-3-1-4-8-20)22-11-13-23(14-12-22)28-18-21-9-5-2-6-10-21/h1-14,24,26H,16-19H2/t24-/m0/s1. The molecule has 3 aromatic rings. The molecule has 0 spiro atoms. The molecule has 0 aliphatic rings. The van der Waals surface area contributed by atoms with Gasteiger partial charge in [-0.15, -0.1) is 0 Å². The molecule has 0 fully saturated rings. The van der Waals surface area contributed by atoms with Crippen LogP contribution in [0.3, 0.4) is 0 Å². The number of nitrogens with zero attached hydrogens (tertiary/aromatic N) is 1. The van der Waals surface area contributed by atoms with Crippen LogP contribution < -0.4 is 10.1 Å². The number of nitrogens with one attached hydrogen (secondary N) is 1. The van der Waals surface area contributed by atoms with Crippen molar-refractivity contribution in [3.05, 3.63) is 102 Å². The Kier molecular flexibility index (Phi) is 7.63. The van der Waals surface area contributed by atoms with Gasteiger partial charge in [-0.3, -0.25) is 5.32 Å². The Morgan fingerprint density at radius 3 is 2.00 bits per heavy atom. The van der Waals surface area contributed by atoms with Crippen molar-refractivity contribution in [1.82, 2.24) is 5.32 Å². The van der Waals surface area contributed by atoms with Gasteiger partial charge in [0.2, 0.25) is 0 Å². The van der Waals surface area contributed by atoms with Crippen LogP contribution in [0.4, 0.5) is 0 Å². The fourth-order valence-electron chi connectivity index (χ4n) is 2.85. The van der Waals surface area contributed by atoms with E-state index in [2.05, 4.69) is 11.4 Å². The zero-order chi connectivity index (χ0) is 19.4. The second-order valence-electron chi connectivity index (χ2n) is 6.44. The first-order chi connectivity index (χ1) is 13.8. The van der Waals surface area contributed by atoms with E-state index in [0.29, 0.717) is 19.8 Å². The number of hydrogen-bond acceptors (Lipinski definition) is 4. The molecule has 0 radical (unpaired) electrons. The van der Waals surface area contributed by atoms with Crippen molar-refractivity contribution in [2.24, 2.45) is 0 Å². The zero-order valence-corrected chi connectivity index (χ0v) is 15.8. The van der Waals surface area contributed by atoms with Gasteiger partial charge in [0.1, 0.15) is 12.4 Å². The van der Waals surface area contributed by atoms with E-state index in [1.54, 1.807) is 0 Å². The lowest BCUT2D eigenvalue weighted by atomic mass is 10.1. The number of benzene rings is 3. The summed E-state index contributed by atoms with van der Waals surface area (Å²) in [5.74, 6) is 0.817. The topological polar surface area (TPSA) is 54.3 Å². The SMILES string of the molecule is N#CCN[C@@H](COCc1ccccc1)c1ccc(OCc2ccccc2)cc1. The lowest BCUT2D eigenvalue weighted by Gasteiger charge is -2.18. The second kappa shape index (κ2) is 10.9. The molecule has 142 valence electrons. The van der Waals surface area contributed by atoms with Gasteiger partial charge in [0.25, 0.3) is 0 Å². The molecule has 0 saturated carbocycles. The number of nitriles is 1. The summed E-state index contributed by atoms with van der Waals surface area (Å²) in [6.45, 7) is 1.84. The molecular formula is C24H24N2O2. The van der Waals surface area contributed by atoms with E-state index >= 15 is 0 Å². The molecule has 3 aromatic carbocycles. The van der Waals surface area contributed by atoms with E-state index in [9.17, 15) is 0 Å². The molecular weight excluding hydrogens is 348 g/mol. The third kappa shape index (κ3) is 6.24. The highest BCUT2D eigenvalue weighted by Crippen LogP contribution is 2.20. The van der Waals surface area contributed by atoms with E-state index in [-0.39, 0.29) is 12.6 Å². The maximum absolute atomic E-state index is 8.91. The molecule has 0 bridgehead atoms. The molecule has 1 N–H and O–H groups in total. The van der Waals surface area contributed by atoms with Crippen LogP contribution in [0.2, 0.25) is 0 Å². The van der Waals surface area contributed by atoms with Crippen molar-refractivity contribution in [1.29, 1.82) is 5.26 Å². The average Bonchev–Trinajstić information content (AvgIpc) is 2.76. The van der Waals surface area contributed by atoms with E-state index < -0.39 is 0 Å². The highest BCUT2D eigenvalue weighted by atomic mass is 16.5. The van der Waals surface area contributed by atoms with Crippen molar-refractivity contribution in [2.45, 2.75) is 19.3 Å². The molecule has 3 rings (SSSR count). The van der Waals surface area contributed by atoms with Crippen molar-refractivity contribution < 1.29 is 9.47 Å². The van der Waals surface area contributed by atoms with E-state index in [1.165, 1.54) is 0 Å². The zero-order valence-electron chi connectivity index (χ0n) is 15.8. The summed E-state index contributed by atoms with van der Waals surface area (Å²) >= 11 is 0. The van der Waals surface area contributed by atoms with Crippen molar-refractivity contribution in [3.63, 3.8) is 0 Å². The first-order valence-corrected chi connectivity index (χ1v) is 9.34. The Hall–Kier alpha value is -3.13. The molecule has 0 aromatic heterocycles. The maximum atomic E-state index is 8.91. The summed E-state index contributed by atoms with van der Waals surface area (Å²) in [7, 11) is 0. The van der Waals surface area contributed by atoms with Crippen LogP contribution >= 0.6 is 0 Å². The van der Waals surface area contributed by atoms with Gasteiger partial charge < -0.3 is 9.47 Å². The number of rotatable bonds is 10. The molecule has 4 heteroatoms. The largest absolute Gasteiger partial charge is 0.489 e. The molecule has 4 nitrogen and oxygen atoms in total. The van der Waals surface area contributed by atoms with Crippen LogP contribution in [0.1, 0.15) is 22.7 Å². The molecule has 0 amide bonds. The van der Waals surface area contributed by atoms with Crippen LogP contribution in [0.15, 0.2) is 84.9 Å². The Morgan fingerprint density at radius 1 is 0.786 bits per heavy atom. The number of ether oxygens (including phenoxy) is 2. The molecule has 28 heavy (non-hydrogen) atoms. The summed E-state index contributed by atoms with van der Waals surface area (Å²) in [4.78, 5) is 0. The molecule has 1 atom stereocenters. The summed E-state index contributed by atoms with van der Waals surface area (Å²) in [6.07, 6.45) is 0. The Balaban J connectivity index is 1.56. The summed E-state index contributed by atoms with van der Waals surface area (Å²) in [5, 5.41) is 12.1. The van der Waals surface area contributed by atoms with Gasteiger partial charge >= 0.3 is 0 Å². The van der Waals surface area contributed by atoms with Crippen molar-refractivity contribution in [2.75, 3.05) is 13.2 Å². The van der Waals surface area contributed by atoms with Gasteiger partial charge in [0.15, 0.2) is 0 Å². The van der Waals surface area contributed by atoms with Crippen molar-refractivity contribution in [3.8, 4) is 11.8 Å². The molecule has 0 saturated heterocycles. The quantitative estimate of drug-likeness (QED) is 0.527. The smallest absolute Gasteiger partial charge is 0.119 e. The minimum atomic E-state index is -0.0495. The number of hydrogen-bond donors (Lipinski definition) is 1. The monoisotopic (exact) mass is 372 g/mol. The van der Waals surface area contributed by atoms with Crippen molar-refractivity contribution >= 4 is 0 Å². The normalized spacial score (nSPS) is 11.5. The first-order valence-electron chi connectivity index (χ1n) is 9.34.